The zero-order valence-corrected chi connectivity index (χ0v) is 19.4. The Hall–Kier alpha value is -1.44. The van der Waals surface area contributed by atoms with Crippen molar-refractivity contribution >= 4 is 38.0 Å². The minimum Gasteiger partial charge on any atom is -0.481 e. The van der Waals surface area contributed by atoms with Crippen molar-refractivity contribution in [2.45, 2.75) is 57.4 Å². The predicted molar refractivity (Wildman–Crippen MR) is 123 cm³/mol. The molecule has 3 saturated carbocycles. The van der Waals surface area contributed by atoms with Gasteiger partial charge in [-0.05, 0) is 86.5 Å². The summed E-state index contributed by atoms with van der Waals surface area (Å²) < 4.78 is 29.5. The van der Waals surface area contributed by atoms with Crippen LogP contribution in [0.4, 0.5) is 0 Å². The molecule has 0 aliphatic heterocycles. The van der Waals surface area contributed by atoms with Crippen molar-refractivity contribution in [3.05, 3.63) is 51.9 Å². The summed E-state index contributed by atoms with van der Waals surface area (Å²) in [5.74, 6) is 0.501. The topological polar surface area (TPSA) is 83.5 Å². The third-order valence-electron chi connectivity index (χ3n) is 6.34. The molecular formula is C23H30BrNO4S. The Balaban J connectivity index is 1.61. The maximum absolute atomic E-state index is 12.8. The van der Waals surface area contributed by atoms with Gasteiger partial charge in [0.25, 0.3) is 0 Å². The number of hydrogen-bond donors (Lipinski definition) is 2. The molecule has 5 nitrogen and oxygen atoms in total. The number of rotatable bonds is 10. The molecule has 7 heteroatoms. The standard InChI is InChI=1S/C23H30BrNO4S/c24-20-13-7-17(8-14-20)15-16-30(28,29)25-23-19-11-9-18(10-12-19)21(23)5-3-1-2-4-6-22(26)27/h1,3,7-8,13-16,18-19,21,23,25H,2,4-6,9-12H2,(H,26,27). The summed E-state index contributed by atoms with van der Waals surface area (Å²) in [5, 5.41) is 10.00. The highest BCUT2D eigenvalue weighted by Gasteiger charge is 2.44. The van der Waals surface area contributed by atoms with Crippen molar-refractivity contribution in [1.82, 2.24) is 4.72 Å². The molecule has 1 aromatic carbocycles. The van der Waals surface area contributed by atoms with Crippen LogP contribution in [0.2, 0.25) is 0 Å². The summed E-state index contributed by atoms with van der Waals surface area (Å²) in [6.45, 7) is 0. The van der Waals surface area contributed by atoms with Crippen molar-refractivity contribution in [2.24, 2.45) is 17.8 Å². The molecule has 0 radical (unpaired) electrons. The first-order valence-corrected chi connectivity index (χ1v) is 13.0. The van der Waals surface area contributed by atoms with Crippen LogP contribution in [-0.4, -0.2) is 25.5 Å². The monoisotopic (exact) mass is 495 g/mol. The number of hydrogen-bond acceptors (Lipinski definition) is 3. The summed E-state index contributed by atoms with van der Waals surface area (Å²) in [6.07, 6.45) is 12.7. The van der Waals surface area contributed by atoms with E-state index in [2.05, 4.69) is 26.7 Å². The minimum absolute atomic E-state index is 0.0271. The average molecular weight is 496 g/mol. The second-order valence-corrected chi connectivity index (χ2v) is 10.9. The number of benzene rings is 1. The van der Waals surface area contributed by atoms with Gasteiger partial charge in [-0.3, -0.25) is 4.79 Å². The van der Waals surface area contributed by atoms with Gasteiger partial charge in [0.1, 0.15) is 0 Å². The fraction of sp³-hybridized carbons (Fsp3) is 0.522. The van der Waals surface area contributed by atoms with Crippen molar-refractivity contribution in [1.29, 1.82) is 0 Å². The van der Waals surface area contributed by atoms with Gasteiger partial charge in [0, 0.05) is 22.3 Å². The lowest BCUT2D eigenvalue weighted by molar-refractivity contribution is -0.137. The highest BCUT2D eigenvalue weighted by Crippen LogP contribution is 2.46. The van der Waals surface area contributed by atoms with E-state index in [0.717, 1.165) is 35.7 Å². The summed E-state index contributed by atoms with van der Waals surface area (Å²) in [7, 11) is -3.53. The molecule has 2 unspecified atom stereocenters. The smallest absolute Gasteiger partial charge is 0.303 e. The first-order chi connectivity index (χ1) is 14.3. The van der Waals surface area contributed by atoms with Crippen LogP contribution in [0.3, 0.4) is 0 Å². The molecule has 0 spiro atoms. The van der Waals surface area contributed by atoms with Gasteiger partial charge in [0.15, 0.2) is 0 Å². The van der Waals surface area contributed by atoms with Crippen molar-refractivity contribution < 1.29 is 18.3 Å². The van der Waals surface area contributed by atoms with Gasteiger partial charge in [0.05, 0.1) is 0 Å². The summed E-state index contributed by atoms with van der Waals surface area (Å²) in [6, 6.07) is 7.49. The maximum Gasteiger partial charge on any atom is 0.303 e. The van der Waals surface area contributed by atoms with Gasteiger partial charge in [-0.25, -0.2) is 13.1 Å². The van der Waals surface area contributed by atoms with E-state index in [1.807, 2.05) is 30.3 Å². The zero-order chi connectivity index (χ0) is 21.6. The first-order valence-electron chi connectivity index (χ1n) is 10.7. The normalized spacial score (nSPS) is 26.6. The van der Waals surface area contributed by atoms with Crippen LogP contribution < -0.4 is 4.72 Å². The lowest BCUT2D eigenvalue weighted by Gasteiger charge is -2.48. The quantitative estimate of drug-likeness (QED) is 0.338. The Morgan fingerprint density at radius 3 is 2.43 bits per heavy atom. The molecule has 0 saturated heterocycles. The zero-order valence-electron chi connectivity index (χ0n) is 17.0. The van der Waals surface area contributed by atoms with E-state index in [1.165, 1.54) is 18.2 Å². The number of carboxylic acids is 1. The van der Waals surface area contributed by atoms with Crippen LogP contribution in [-0.2, 0) is 14.8 Å². The summed E-state index contributed by atoms with van der Waals surface area (Å²) in [5.41, 5.74) is 0.842. The number of carboxylic acid groups (broad SMARTS) is 1. The second-order valence-electron chi connectivity index (χ2n) is 8.37. The maximum atomic E-state index is 12.8. The third-order valence-corrected chi connectivity index (χ3v) is 7.96. The summed E-state index contributed by atoms with van der Waals surface area (Å²) >= 11 is 3.38. The van der Waals surface area contributed by atoms with Gasteiger partial charge in [-0.2, -0.15) is 0 Å². The molecule has 30 heavy (non-hydrogen) atoms. The van der Waals surface area contributed by atoms with Gasteiger partial charge in [-0.15, -0.1) is 0 Å². The van der Waals surface area contributed by atoms with E-state index in [4.69, 9.17) is 5.11 Å². The molecule has 0 heterocycles. The van der Waals surface area contributed by atoms with E-state index in [1.54, 1.807) is 6.08 Å². The lowest BCUT2D eigenvalue weighted by Crippen LogP contribution is -2.52. The molecule has 164 valence electrons. The van der Waals surface area contributed by atoms with Gasteiger partial charge < -0.3 is 5.11 Å². The Morgan fingerprint density at radius 1 is 1.10 bits per heavy atom. The van der Waals surface area contributed by atoms with Crippen LogP contribution in [0, 0.1) is 17.8 Å². The average Bonchev–Trinajstić information content (AvgIpc) is 2.71. The highest BCUT2D eigenvalue weighted by atomic mass is 79.9. The molecule has 2 atom stereocenters. The molecule has 3 aliphatic rings. The SMILES string of the molecule is O=C(O)CCCC=CCC1C2CCC(CC2)C1NS(=O)(=O)C=Cc1ccc(Br)cc1. The van der Waals surface area contributed by atoms with E-state index >= 15 is 0 Å². The third kappa shape index (κ3) is 6.79. The molecular weight excluding hydrogens is 466 g/mol. The number of unbranched alkanes of at least 4 members (excludes halogenated alkanes) is 1. The van der Waals surface area contributed by atoms with E-state index < -0.39 is 16.0 Å². The number of halogens is 1. The molecule has 2 bridgehead atoms. The molecule has 3 fully saturated rings. The van der Waals surface area contributed by atoms with Gasteiger partial charge in [-0.1, -0.05) is 40.2 Å². The number of carbonyl (C=O) groups is 1. The Bertz CT molecular complexity index is 871. The van der Waals surface area contributed by atoms with E-state index in [9.17, 15) is 13.2 Å². The predicted octanol–water partition coefficient (Wildman–Crippen LogP) is 5.35. The van der Waals surface area contributed by atoms with Crippen molar-refractivity contribution in [3.63, 3.8) is 0 Å². The minimum atomic E-state index is -3.53. The van der Waals surface area contributed by atoms with Crippen LogP contribution >= 0.6 is 15.9 Å². The number of fused-ring (bicyclic) bond motifs is 3. The fourth-order valence-electron chi connectivity index (χ4n) is 4.81. The highest BCUT2D eigenvalue weighted by molar-refractivity contribution is 9.10. The van der Waals surface area contributed by atoms with E-state index in [-0.39, 0.29) is 12.5 Å². The molecule has 0 amide bonds. The molecule has 3 aliphatic carbocycles. The Morgan fingerprint density at radius 2 is 1.77 bits per heavy atom. The molecule has 4 rings (SSSR count). The van der Waals surface area contributed by atoms with Gasteiger partial charge in [0.2, 0.25) is 10.0 Å². The fourth-order valence-corrected chi connectivity index (χ4v) is 6.24. The van der Waals surface area contributed by atoms with Gasteiger partial charge >= 0.3 is 5.97 Å². The van der Waals surface area contributed by atoms with Crippen LogP contribution in [0.1, 0.15) is 56.9 Å². The first kappa shape index (κ1) is 23.2. The molecule has 2 N–H and O–H groups in total. The molecule has 1 aromatic rings. The number of allylic oxidation sites excluding steroid dienone is 2. The number of sulfonamides is 1. The van der Waals surface area contributed by atoms with Crippen molar-refractivity contribution in [3.8, 4) is 0 Å². The number of nitrogens with one attached hydrogen (secondary N) is 1. The molecule has 0 aromatic heterocycles. The van der Waals surface area contributed by atoms with Crippen LogP contribution in [0.5, 0.6) is 0 Å². The van der Waals surface area contributed by atoms with Crippen molar-refractivity contribution in [2.75, 3.05) is 0 Å². The van der Waals surface area contributed by atoms with E-state index in [0.29, 0.717) is 24.2 Å². The Kier molecular flexibility index (Phi) is 8.31. The largest absolute Gasteiger partial charge is 0.481 e. The van der Waals surface area contributed by atoms with Crippen LogP contribution in [0.15, 0.2) is 46.3 Å². The number of aliphatic carboxylic acids is 1. The lowest BCUT2D eigenvalue weighted by atomic mass is 9.61. The Labute approximate surface area is 187 Å². The van der Waals surface area contributed by atoms with Crippen LogP contribution in [0.25, 0.3) is 6.08 Å². The summed E-state index contributed by atoms with van der Waals surface area (Å²) in [4.78, 5) is 10.6. The second kappa shape index (κ2) is 10.7.